The minimum Gasteiger partial charge on any atom is -0.496 e. The van der Waals surface area contributed by atoms with Crippen LogP contribution in [-0.4, -0.2) is 19.1 Å². The minimum absolute atomic E-state index is 0.0614. The van der Waals surface area contributed by atoms with E-state index in [1.807, 2.05) is 6.92 Å². The van der Waals surface area contributed by atoms with Gasteiger partial charge in [-0.2, -0.15) is 0 Å². The second kappa shape index (κ2) is 4.63. The number of hydrogen-bond donors (Lipinski definition) is 0. The van der Waals surface area contributed by atoms with E-state index in [1.165, 1.54) is 20.3 Å². The molecule has 0 aliphatic rings. The van der Waals surface area contributed by atoms with Gasteiger partial charge >= 0.3 is 5.69 Å². The summed E-state index contributed by atoms with van der Waals surface area (Å²) in [5.74, 6) is 0.780. The third-order valence-electron chi connectivity index (χ3n) is 2.14. The van der Waals surface area contributed by atoms with Crippen molar-refractivity contribution in [3.05, 3.63) is 27.8 Å². The van der Waals surface area contributed by atoms with Gasteiger partial charge in [0.05, 0.1) is 25.2 Å². The fourth-order valence-corrected chi connectivity index (χ4v) is 1.40. The van der Waals surface area contributed by atoms with Gasteiger partial charge in [0.25, 0.3) is 0 Å². The lowest BCUT2D eigenvalue weighted by Crippen LogP contribution is -1.99. The zero-order valence-electron chi connectivity index (χ0n) is 8.94. The van der Waals surface area contributed by atoms with Gasteiger partial charge in [0.2, 0.25) is 0 Å². The van der Waals surface area contributed by atoms with E-state index in [9.17, 15) is 10.1 Å². The van der Waals surface area contributed by atoms with Crippen LogP contribution in [0.4, 0.5) is 5.69 Å². The van der Waals surface area contributed by atoms with Crippen molar-refractivity contribution in [3.63, 3.8) is 0 Å². The fourth-order valence-electron chi connectivity index (χ4n) is 1.40. The summed E-state index contributed by atoms with van der Waals surface area (Å²) in [7, 11) is 2.90. The molecular formula is C10H13NO4. The molecule has 1 aromatic carbocycles. The molecule has 0 amide bonds. The molecule has 0 spiro atoms. The van der Waals surface area contributed by atoms with Crippen molar-refractivity contribution in [2.45, 2.75) is 13.3 Å². The van der Waals surface area contributed by atoms with Crippen LogP contribution in [0.1, 0.15) is 12.5 Å². The molecule has 0 unspecified atom stereocenters. The number of ether oxygens (including phenoxy) is 2. The first-order chi connectivity index (χ1) is 7.13. The lowest BCUT2D eigenvalue weighted by atomic mass is 10.1. The van der Waals surface area contributed by atoms with Crippen LogP contribution in [0.2, 0.25) is 0 Å². The van der Waals surface area contributed by atoms with Gasteiger partial charge in [-0.05, 0) is 12.5 Å². The molecule has 5 nitrogen and oxygen atoms in total. The zero-order valence-corrected chi connectivity index (χ0v) is 8.94. The second-order valence-electron chi connectivity index (χ2n) is 2.95. The van der Waals surface area contributed by atoms with Gasteiger partial charge in [0.1, 0.15) is 5.75 Å². The summed E-state index contributed by atoms with van der Waals surface area (Å²) in [6.07, 6.45) is 0.654. The smallest absolute Gasteiger partial charge is 0.314 e. The quantitative estimate of drug-likeness (QED) is 0.565. The molecule has 1 rings (SSSR count). The van der Waals surface area contributed by atoms with Crippen molar-refractivity contribution >= 4 is 5.69 Å². The van der Waals surface area contributed by atoms with Crippen LogP contribution in [0.3, 0.4) is 0 Å². The SMILES string of the molecule is CCc1cc(OC)cc([N+](=O)[O-])c1OC. The highest BCUT2D eigenvalue weighted by Crippen LogP contribution is 2.35. The Morgan fingerprint density at radius 1 is 1.33 bits per heavy atom. The van der Waals surface area contributed by atoms with E-state index in [1.54, 1.807) is 6.07 Å². The number of nitro benzene ring substituents is 1. The Labute approximate surface area is 87.8 Å². The highest BCUT2D eigenvalue weighted by Gasteiger charge is 2.19. The van der Waals surface area contributed by atoms with Gasteiger partial charge in [-0.3, -0.25) is 10.1 Å². The standard InChI is InChI=1S/C10H13NO4/c1-4-7-5-8(14-2)6-9(11(12)13)10(7)15-3/h5-6H,4H2,1-3H3. The maximum absolute atomic E-state index is 10.8. The molecule has 1 aromatic rings. The molecule has 15 heavy (non-hydrogen) atoms. The molecule has 82 valence electrons. The molecule has 0 bridgehead atoms. The normalized spacial score (nSPS) is 9.80. The summed E-state index contributed by atoms with van der Waals surface area (Å²) in [4.78, 5) is 10.3. The topological polar surface area (TPSA) is 61.6 Å². The predicted octanol–water partition coefficient (Wildman–Crippen LogP) is 2.17. The van der Waals surface area contributed by atoms with Crippen molar-refractivity contribution in [1.82, 2.24) is 0 Å². The number of benzene rings is 1. The van der Waals surface area contributed by atoms with Crippen molar-refractivity contribution < 1.29 is 14.4 Å². The maximum atomic E-state index is 10.8. The Morgan fingerprint density at radius 3 is 2.40 bits per heavy atom. The number of aryl methyl sites for hydroxylation is 1. The number of nitro groups is 1. The number of hydrogen-bond acceptors (Lipinski definition) is 4. The Morgan fingerprint density at radius 2 is 2.00 bits per heavy atom. The lowest BCUT2D eigenvalue weighted by Gasteiger charge is -2.09. The average Bonchev–Trinajstić information content (AvgIpc) is 2.26. The highest BCUT2D eigenvalue weighted by molar-refractivity contribution is 5.56. The molecule has 0 saturated heterocycles. The highest BCUT2D eigenvalue weighted by atomic mass is 16.6. The van der Waals surface area contributed by atoms with Gasteiger partial charge in [-0.1, -0.05) is 6.92 Å². The number of methoxy groups -OCH3 is 2. The van der Waals surface area contributed by atoms with E-state index < -0.39 is 4.92 Å². The van der Waals surface area contributed by atoms with Crippen LogP contribution in [0.25, 0.3) is 0 Å². The summed E-state index contributed by atoms with van der Waals surface area (Å²) in [5, 5.41) is 10.8. The first-order valence-electron chi connectivity index (χ1n) is 4.53. The van der Waals surface area contributed by atoms with Crippen molar-refractivity contribution in [3.8, 4) is 11.5 Å². The predicted molar refractivity (Wildman–Crippen MR) is 55.6 cm³/mol. The van der Waals surface area contributed by atoms with Gasteiger partial charge < -0.3 is 9.47 Å². The Hall–Kier alpha value is -1.78. The van der Waals surface area contributed by atoms with Crippen LogP contribution in [0.15, 0.2) is 12.1 Å². The second-order valence-corrected chi connectivity index (χ2v) is 2.95. The lowest BCUT2D eigenvalue weighted by molar-refractivity contribution is -0.385. The molecule has 0 saturated carbocycles. The van der Waals surface area contributed by atoms with Crippen molar-refractivity contribution in [2.75, 3.05) is 14.2 Å². The van der Waals surface area contributed by atoms with Crippen molar-refractivity contribution in [1.29, 1.82) is 0 Å². The zero-order chi connectivity index (χ0) is 11.4. The van der Waals surface area contributed by atoms with E-state index >= 15 is 0 Å². The van der Waals surface area contributed by atoms with Crippen LogP contribution in [0.5, 0.6) is 11.5 Å². The van der Waals surface area contributed by atoms with Crippen molar-refractivity contribution in [2.24, 2.45) is 0 Å². The fraction of sp³-hybridized carbons (Fsp3) is 0.400. The van der Waals surface area contributed by atoms with Gasteiger partial charge in [0.15, 0.2) is 5.75 Å². The molecule has 0 radical (unpaired) electrons. The first kappa shape index (κ1) is 11.3. The maximum Gasteiger partial charge on any atom is 0.314 e. The summed E-state index contributed by atoms with van der Waals surface area (Å²) in [5.41, 5.74) is 0.706. The molecule has 5 heteroatoms. The molecule has 0 aliphatic carbocycles. The molecule has 0 heterocycles. The summed E-state index contributed by atoms with van der Waals surface area (Å²) >= 11 is 0. The molecule has 0 fully saturated rings. The average molecular weight is 211 g/mol. The van der Waals surface area contributed by atoms with Crippen LogP contribution >= 0.6 is 0 Å². The largest absolute Gasteiger partial charge is 0.496 e. The molecule has 0 aliphatic heterocycles. The molecular weight excluding hydrogens is 198 g/mol. The Kier molecular flexibility index (Phi) is 3.49. The van der Waals surface area contributed by atoms with E-state index in [-0.39, 0.29) is 5.69 Å². The van der Waals surface area contributed by atoms with Gasteiger partial charge in [-0.15, -0.1) is 0 Å². The van der Waals surface area contributed by atoms with Gasteiger partial charge in [-0.25, -0.2) is 0 Å². The minimum atomic E-state index is -0.472. The third kappa shape index (κ3) is 2.18. The van der Waals surface area contributed by atoms with Crippen LogP contribution in [0, 0.1) is 10.1 Å². The monoisotopic (exact) mass is 211 g/mol. The molecule has 0 atom stereocenters. The first-order valence-corrected chi connectivity index (χ1v) is 4.53. The van der Waals surface area contributed by atoms with E-state index in [0.29, 0.717) is 17.9 Å². The van der Waals surface area contributed by atoms with E-state index in [0.717, 1.165) is 5.56 Å². The van der Waals surface area contributed by atoms with E-state index in [4.69, 9.17) is 9.47 Å². The Balaban J connectivity index is 3.39. The third-order valence-corrected chi connectivity index (χ3v) is 2.14. The van der Waals surface area contributed by atoms with Gasteiger partial charge in [0, 0.05) is 5.56 Å². The summed E-state index contributed by atoms with van der Waals surface area (Å²) in [6.45, 7) is 1.90. The summed E-state index contributed by atoms with van der Waals surface area (Å²) in [6, 6.07) is 3.10. The van der Waals surface area contributed by atoms with E-state index in [2.05, 4.69) is 0 Å². The molecule has 0 aromatic heterocycles. The molecule has 0 N–H and O–H groups in total. The summed E-state index contributed by atoms with van der Waals surface area (Å²) < 4.78 is 10.0. The number of nitrogens with zero attached hydrogens (tertiary/aromatic N) is 1. The van der Waals surface area contributed by atoms with Crippen LogP contribution < -0.4 is 9.47 Å². The van der Waals surface area contributed by atoms with Crippen LogP contribution in [-0.2, 0) is 6.42 Å². The number of rotatable bonds is 4. The Bertz CT molecular complexity index is 376.